The van der Waals surface area contributed by atoms with Crippen LogP contribution in [-0.4, -0.2) is 30.0 Å². The summed E-state index contributed by atoms with van der Waals surface area (Å²) in [5.41, 5.74) is -0.777. The highest BCUT2D eigenvalue weighted by Gasteiger charge is 2.43. The third kappa shape index (κ3) is 1.82. The third-order valence-corrected chi connectivity index (χ3v) is 3.86. The largest absolute Gasteiger partial charge is 0.361 e. The Morgan fingerprint density at radius 1 is 1.15 bits per heavy atom. The van der Waals surface area contributed by atoms with Crippen LogP contribution in [0.25, 0.3) is 0 Å². The number of halogens is 4. The van der Waals surface area contributed by atoms with Gasteiger partial charge in [-0.05, 0) is 12.8 Å². The molecule has 2 unspecified atom stereocenters. The average molecular weight is 289 g/mol. The van der Waals surface area contributed by atoms with E-state index in [-0.39, 0.29) is 19.0 Å². The van der Waals surface area contributed by atoms with Gasteiger partial charge >= 0.3 is 0 Å². The summed E-state index contributed by atoms with van der Waals surface area (Å²) in [6.45, 7) is 0.431. The Morgan fingerprint density at radius 2 is 1.80 bits per heavy atom. The molecular weight excluding hydrogens is 278 g/mol. The maximum atomic E-state index is 13.8. The van der Waals surface area contributed by atoms with E-state index in [2.05, 4.69) is 10.3 Å². The van der Waals surface area contributed by atoms with Gasteiger partial charge in [0.05, 0.1) is 12.0 Å². The van der Waals surface area contributed by atoms with Crippen LogP contribution >= 0.6 is 0 Å². The molecule has 20 heavy (non-hydrogen) atoms. The second-order valence-corrected chi connectivity index (χ2v) is 4.92. The van der Waals surface area contributed by atoms with Crippen LogP contribution in [0, 0.1) is 29.4 Å². The van der Waals surface area contributed by atoms with Gasteiger partial charge in [0.15, 0.2) is 0 Å². The molecule has 2 atom stereocenters. The number of hydrogen-bond acceptors (Lipinski definition) is 3. The number of nitrogens with zero attached hydrogens (tertiary/aromatic N) is 2. The maximum Gasteiger partial charge on any atom is 0.253 e. The normalized spacial score (nSPS) is 25.6. The van der Waals surface area contributed by atoms with Crippen molar-refractivity contribution in [2.75, 3.05) is 18.0 Å². The van der Waals surface area contributed by atoms with E-state index in [1.807, 2.05) is 0 Å². The Balaban J connectivity index is 2.07. The molecule has 2 aliphatic heterocycles. The molecule has 3 heterocycles. The summed E-state index contributed by atoms with van der Waals surface area (Å²) in [6, 6.07) is -0.499. The second kappa shape index (κ2) is 4.60. The smallest absolute Gasteiger partial charge is 0.253 e. The maximum absolute atomic E-state index is 13.8. The lowest BCUT2D eigenvalue weighted by Crippen LogP contribution is -2.46. The molecule has 3 rings (SSSR count). The van der Waals surface area contributed by atoms with E-state index in [4.69, 9.17) is 0 Å². The fourth-order valence-corrected chi connectivity index (χ4v) is 2.96. The molecule has 2 saturated heterocycles. The Morgan fingerprint density at radius 3 is 2.45 bits per heavy atom. The van der Waals surface area contributed by atoms with E-state index < -0.39 is 41.2 Å². The van der Waals surface area contributed by atoms with Crippen molar-refractivity contribution in [1.29, 1.82) is 0 Å². The molecule has 2 aliphatic rings. The number of carbonyl (C=O) groups excluding carboxylic acids is 1. The zero-order valence-corrected chi connectivity index (χ0v) is 10.3. The average Bonchev–Trinajstić information content (AvgIpc) is 2.80. The lowest BCUT2D eigenvalue weighted by Gasteiger charge is -2.37. The highest BCUT2D eigenvalue weighted by molar-refractivity contribution is 5.83. The van der Waals surface area contributed by atoms with E-state index in [0.717, 1.165) is 0 Å². The van der Waals surface area contributed by atoms with Gasteiger partial charge in [-0.3, -0.25) is 4.79 Å². The van der Waals surface area contributed by atoms with E-state index >= 15 is 0 Å². The molecule has 0 bridgehead atoms. The van der Waals surface area contributed by atoms with Gasteiger partial charge in [0.2, 0.25) is 17.5 Å². The van der Waals surface area contributed by atoms with Crippen molar-refractivity contribution in [3.63, 3.8) is 0 Å². The molecular formula is C12H11F4N3O. The van der Waals surface area contributed by atoms with Crippen molar-refractivity contribution in [2.45, 2.75) is 18.9 Å². The van der Waals surface area contributed by atoms with Crippen molar-refractivity contribution in [3.8, 4) is 0 Å². The molecule has 8 heteroatoms. The number of pyridine rings is 1. The van der Waals surface area contributed by atoms with Gasteiger partial charge in [0, 0.05) is 13.1 Å². The SMILES string of the molecule is O=C1NCC2C1CCCN2c1c(F)c(F)nc(F)c1F. The van der Waals surface area contributed by atoms with Gasteiger partial charge in [-0.15, -0.1) is 0 Å². The highest BCUT2D eigenvalue weighted by atomic mass is 19.2. The van der Waals surface area contributed by atoms with Crippen LogP contribution in [0.4, 0.5) is 23.2 Å². The van der Waals surface area contributed by atoms with Crippen LogP contribution < -0.4 is 10.2 Å². The molecule has 0 aliphatic carbocycles. The predicted molar refractivity (Wildman–Crippen MR) is 60.9 cm³/mol. The predicted octanol–water partition coefficient (Wildman–Crippen LogP) is 1.35. The van der Waals surface area contributed by atoms with Gasteiger partial charge < -0.3 is 10.2 Å². The zero-order valence-electron chi connectivity index (χ0n) is 10.3. The quantitative estimate of drug-likeness (QED) is 0.627. The van der Waals surface area contributed by atoms with Crippen LogP contribution in [-0.2, 0) is 4.79 Å². The molecule has 4 nitrogen and oxygen atoms in total. The molecule has 0 radical (unpaired) electrons. The number of anilines is 1. The molecule has 1 amide bonds. The topological polar surface area (TPSA) is 45.2 Å². The molecule has 2 fully saturated rings. The van der Waals surface area contributed by atoms with Gasteiger partial charge in [-0.2, -0.15) is 22.5 Å². The van der Waals surface area contributed by atoms with E-state index in [1.165, 1.54) is 4.90 Å². The van der Waals surface area contributed by atoms with Crippen molar-refractivity contribution in [2.24, 2.45) is 5.92 Å². The lowest BCUT2D eigenvalue weighted by atomic mass is 9.91. The third-order valence-electron chi connectivity index (χ3n) is 3.86. The Kier molecular flexibility index (Phi) is 3.02. The number of rotatable bonds is 1. The van der Waals surface area contributed by atoms with Crippen LogP contribution in [0.2, 0.25) is 0 Å². The van der Waals surface area contributed by atoms with Crippen molar-refractivity contribution < 1.29 is 22.4 Å². The second-order valence-electron chi connectivity index (χ2n) is 4.92. The molecule has 1 N–H and O–H groups in total. The number of amides is 1. The number of piperidine rings is 1. The minimum atomic E-state index is -1.68. The van der Waals surface area contributed by atoms with E-state index in [9.17, 15) is 22.4 Å². The van der Waals surface area contributed by atoms with Crippen LogP contribution in [0.15, 0.2) is 0 Å². The Bertz CT molecular complexity index is 554. The van der Waals surface area contributed by atoms with E-state index in [1.54, 1.807) is 0 Å². The molecule has 0 saturated carbocycles. The summed E-state index contributed by atoms with van der Waals surface area (Å²) in [5.74, 6) is -7.03. The highest BCUT2D eigenvalue weighted by Crippen LogP contribution is 2.35. The molecule has 0 spiro atoms. The number of aromatic nitrogens is 1. The van der Waals surface area contributed by atoms with Crippen LogP contribution in [0.1, 0.15) is 12.8 Å². The number of fused-ring (bicyclic) bond motifs is 1. The summed E-state index contributed by atoms with van der Waals surface area (Å²) in [6.07, 6.45) is 1.10. The van der Waals surface area contributed by atoms with Crippen LogP contribution in [0.3, 0.4) is 0 Å². The summed E-state index contributed by atoms with van der Waals surface area (Å²) < 4.78 is 54.0. The first-order chi connectivity index (χ1) is 9.50. The first-order valence-electron chi connectivity index (χ1n) is 6.25. The Labute approximate surface area is 111 Å². The fraction of sp³-hybridized carbons (Fsp3) is 0.500. The van der Waals surface area contributed by atoms with Crippen molar-refractivity contribution >= 4 is 11.6 Å². The molecule has 1 aromatic heterocycles. The monoisotopic (exact) mass is 289 g/mol. The first-order valence-corrected chi connectivity index (χ1v) is 6.25. The molecule has 0 aromatic carbocycles. The van der Waals surface area contributed by atoms with Crippen LogP contribution in [0.5, 0.6) is 0 Å². The number of nitrogens with one attached hydrogen (secondary N) is 1. The van der Waals surface area contributed by atoms with Crippen molar-refractivity contribution in [3.05, 3.63) is 23.5 Å². The standard InChI is InChI=1S/C12H11F4N3O/c13-7-9(8(14)11(16)18-10(7)15)19-3-1-2-5-6(19)4-17-12(5)20/h5-6H,1-4H2,(H,17,20). The van der Waals surface area contributed by atoms with Gasteiger partial charge in [0.1, 0.15) is 5.69 Å². The van der Waals surface area contributed by atoms with Gasteiger partial charge in [-0.25, -0.2) is 0 Å². The zero-order chi connectivity index (χ0) is 14.4. The van der Waals surface area contributed by atoms with E-state index in [0.29, 0.717) is 12.8 Å². The Hall–Kier alpha value is -1.86. The first kappa shape index (κ1) is 13.1. The van der Waals surface area contributed by atoms with Gasteiger partial charge in [-0.1, -0.05) is 0 Å². The minimum Gasteiger partial charge on any atom is -0.361 e. The molecule has 108 valence electrons. The number of carbonyl (C=O) groups is 1. The summed E-state index contributed by atoms with van der Waals surface area (Å²) in [4.78, 5) is 15.4. The lowest BCUT2D eigenvalue weighted by molar-refractivity contribution is -0.123. The van der Waals surface area contributed by atoms with Crippen molar-refractivity contribution in [1.82, 2.24) is 10.3 Å². The minimum absolute atomic E-state index is 0.199. The summed E-state index contributed by atoms with van der Waals surface area (Å²) in [5, 5.41) is 2.60. The summed E-state index contributed by atoms with van der Waals surface area (Å²) >= 11 is 0. The fourth-order valence-electron chi connectivity index (χ4n) is 2.96. The molecule has 1 aromatic rings. The summed E-state index contributed by atoms with van der Waals surface area (Å²) in [7, 11) is 0. The van der Waals surface area contributed by atoms with Gasteiger partial charge in [0.25, 0.3) is 11.9 Å². The number of hydrogen-bond donors (Lipinski definition) is 1.